The summed E-state index contributed by atoms with van der Waals surface area (Å²) in [5, 5.41) is 6.39. The van der Waals surface area contributed by atoms with Gasteiger partial charge in [0.25, 0.3) is 0 Å². The van der Waals surface area contributed by atoms with Crippen LogP contribution in [0.4, 0.5) is 0 Å². The van der Waals surface area contributed by atoms with E-state index in [9.17, 15) is 9.59 Å². The lowest BCUT2D eigenvalue weighted by molar-refractivity contribution is -0.136. The van der Waals surface area contributed by atoms with Gasteiger partial charge in [0.2, 0.25) is 0 Å². The molecule has 0 aromatic heterocycles. The van der Waals surface area contributed by atoms with E-state index in [1.165, 1.54) is 21.9 Å². The lowest BCUT2D eigenvalue weighted by Gasteiger charge is -2.21. The minimum atomic E-state index is -0.723. The molecule has 0 radical (unpaired) electrons. The fourth-order valence-corrected chi connectivity index (χ4v) is 4.60. The molecule has 1 aliphatic rings. The van der Waals surface area contributed by atoms with Gasteiger partial charge in [-0.2, -0.15) is 0 Å². The van der Waals surface area contributed by atoms with E-state index in [0.717, 1.165) is 19.3 Å². The molecule has 1 fully saturated rings. The van der Waals surface area contributed by atoms with Crippen molar-refractivity contribution in [3.05, 3.63) is 83.4 Å². The van der Waals surface area contributed by atoms with Crippen LogP contribution in [0.15, 0.2) is 66.7 Å². The molecule has 1 aliphatic carbocycles. The summed E-state index contributed by atoms with van der Waals surface area (Å²) in [5.74, 6) is -0.927. The van der Waals surface area contributed by atoms with Crippen molar-refractivity contribution >= 4 is 35.1 Å². The molecule has 32 heavy (non-hydrogen) atoms. The van der Waals surface area contributed by atoms with Gasteiger partial charge in [0.05, 0.1) is 12.1 Å². The number of rotatable bonds is 6. The van der Waals surface area contributed by atoms with Crippen LogP contribution in [0.3, 0.4) is 0 Å². The second kappa shape index (κ2) is 10.7. The van der Waals surface area contributed by atoms with Gasteiger partial charge in [-0.15, -0.1) is 12.4 Å². The third-order valence-electron chi connectivity index (χ3n) is 6.20. The highest BCUT2D eigenvalue weighted by molar-refractivity contribution is 5.97. The number of nitrogens with two attached hydrogens (primary N) is 1. The standard InChI is InChI=1S/C26H28N2O3.ClH/c1-17(23-8-4-6-19-5-2-3-7-24(19)23)28-22-14-13-21(15-22)18-9-11-20(12-10-18)26(30)31-25(29)16-27;/h2-12,17,21-22,28H,13-16,27H2,1H3;1H/t17-,21-,22+;/m1./s1. The number of carbonyl (C=O) groups excluding carboxylic acids is 2. The zero-order valence-corrected chi connectivity index (χ0v) is 18.9. The van der Waals surface area contributed by atoms with Crippen molar-refractivity contribution in [2.75, 3.05) is 6.54 Å². The van der Waals surface area contributed by atoms with Gasteiger partial charge in [0.1, 0.15) is 0 Å². The average molecular weight is 453 g/mol. The Morgan fingerprint density at radius 3 is 2.50 bits per heavy atom. The molecule has 0 saturated heterocycles. The summed E-state index contributed by atoms with van der Waals surface area (Å²) < 4.78 is 4.67. The molecule has 0 heterocycles. The SMILES string of the molecule is C[C@@H](N[C@H]1CC[C@@H](c2ccc(C(=O)OC(=O)CN)cc2)C1)c1cccc2ccccc12.Cl. The maximum atomic E-state index is 11.9. The van der Waals surface area contributed by atoms with E-state index in [-0.39, 0.29) is 25.0 Å². The van der Waals surface area contributed by atoms with Crippen molar-refractivity contribution in [2.45, 2.75) is 44.2 Å². The molecular formula is C26H29ClN2O3. The largest absolute Gasteiger partial charge is 0.388 e. The number of ether oxygens (including phenoxy) is 1. The Labute approximate surface area is 194 Å². The van der Waals surface area contributed by atoms with Gasteiger partial charge in [-0.05, 0) is 66.1 Å². The second-order valence-corrected chi connectivity index (χ2v) is 8.25. The summed E-state index contributed by atoms with van der Waals surface area (Å²) >= 11 is 0. The maximum absolute atomic E-state index is 11.9. The van der Waals surface area contributed by atoms with E-state index in [2.05, 4.69) is 59.4 Å². The monoisotopic (exact) mass is 452 g/mol. The average Bonchev–Trinajstić information content (AvgIpc) is 3.27. The van der Waals surface area contributed by atoms with Gasteiger partial charge < -0.3 is 15.8 Å². The zero-order chi connectivity index (χ0) is 21.8. The van der Waals surface area contributed by atoms with E-state index in [4.69, 9.17) is 5.73 Å². The van der Waals surface area contributed by atoms with Crippen molar-refractivity contribution in [2.24, 2.45) is 5.73 Å². The first-order valence-electron chi connectivity index (χ1n) is 10.8. The first-order chi connectivity index (χ1) is 15.0. The Morgan fingerprint density at radius 1 is 1.03 bits per heavy atom. The molecule has 0 aliphatic heterocycles. The zero-order valence-electron chi connectivity index (χ0n) is 18.1. The topological polar surface area (TPSA) is 81.4 Å². The molecule has 0 amide bonds. The van der Waals surface area contributed by atoms with Crippen molar-refractivity contribution in [1.29, 1.82) is 0 Å². The predicted octanol–water partition coefficient (Wildman–Crippen LogP) is 4.89. The first kappa shape index (κ1) is 23.9. The third-order valence-corrected chi connectivity index (χ3v) is 6.20. The van der Waals surface area contributed by atoms with Crippen LogP contribution >= 0.6 is 12.4 Å². The molecule has 3 N–H and O–H groups in total. The highest BCUT2D eigenvalue weighted by Crippen LogP contribution is 2.36. The Bertz CT molecular complexity index is 1080. The number of hydrogen-bond donors (Lipinski definition) is 2. The molecule has 0 spiro atoms. The molecule has 5 nitrogen and oxygen atoms in total. The third kappa shape index (κ3) is 5.36. The number of nitrogens with one attached hydrogen (secondary N) is 1. The predicted molar refractivity (Wildman–Crippen MR) is 129 cm³/mol. The van der Waals surface area contributed by atoms with Gasteiger partial charge in [0.15, 0.2) is 0 Å². The molecule has 168 valence electrons. The van der Waals surface area contributed by atoms with E-state index >= 15 is 0 Å². The number of halogens is 1. The highest BCUT2D eigenvalue weighted by Gasteiger charge is 2.27. The maximum Gasteiger partial charge on any atom is 0.345 e. The Kier molecular flexibility index (Phi) is 8.02. The Hall–Kier alpha value is -2.73. The van der Waals surface area contributed by atoms with E-state index in [1.54, 1.807) is 12.1 Å². The molecule has 0 bridgehead atoms. The summed E-state index contributed by atoms with van der Waals surface area (Å²) in [4.78, 5) is 23.1. The minimum absolute atomic E-state index is 0. The van der Waals surface area contributed by atoms with Crippen molar-refractivity contribution in [3.63, 3.8) is 0 Å². The van der Waals surface area contributed by atoms with Gasteiger partial charge in [-0.1, -0.05) is 54.6 Å². The van der Waals surface area contributed by atoms with Crippen LogP contribution in [0.25, 0.3) is 10.8 Å². The van der Waals surface area contributed by atoms with E-state index in [0.29, 0.717) is 17.5 Å². The highest BCUT2D eigenvalue weighted by atomic mass is 35.5. The van der Waals surface area contributed by atoms with Crippen LogP contribution in [0, 0.1) is 0 Å². The molecular weight excluding hydrogens is 424 g/mol. The fourth-order valence-electron chi connectivity index (χ4n) is 4.60. The fraction of sp³-hybridized carbons (Fsp3) is 0.308. The summed E-state index contributed by atoms with van der Waals surface area (Å²) in [6, 6.07) is 23.1. The molecule has 0 unspecified atom stereocenters. The van der Waals surface area contributed by atoms with E-state index < -0.39 is 11.9 Å². The number of esters is 2. The van der Waals surface area contributed by atoms with Crippen LogP contribution in [0.2, 0.25) is 0 Å². The van der Waals surface area contributed by atoms with Crippen LogP contribution < -0.4 is 11.1 Å². The molecule has 3 aromatic rings. The van der Waals surface area contributed by atoms with Crippen LogP contribution in [-0.4, -0.2) is 24.5 Å². The molecule has 3 aromatic carbocycles. The summed E-state index contributed by atoms with van der Waals surface area (Å²) in [6.45, 7) is 1.93. The van der Waals surface area contributed by atoms with Crippen LogP contribution in [-0.2, 0) is 9.53 Å². The van der Waals surface area contributed by atoms with Crippen LogP contribution in [0.5, 0.6) is 0 Å². The van der Waals surface area contributed by atoms with Crippen molar-refractivity contribution in [3.8, 4) is 0 Å². The molecule has 1 saturated carbocycles. The van der Waals surface area contributed by atoms with Gasteiger partial charge in [-0.25, -0.2) is 4.79 Å². The number of hydrogen-bond acceptors (Lipinski definition) is 5. The normalized spacial score (nSPS) is 18.7. The molecule has 3 atom stereocenters. The van der Waals surface area contributed by atoms with Gasteiger partial charge >= 0.3 is 11.9 Å². The summed E-state index contributed by atoms with van der Waals surface area (Å²) in [5.41, 5.74) is 8.09. The minimum Gasteiger partial charge on any atom is -0.388 e. The van der Waals surface area contributed by atoms with Crippen LogP contribution in [0.1, 0.15) is 59.6 Å². The Balaban J connectivity index is 0.00000289. The molecule has 6 heteroatoms. The first-order valence-corrected chi connectivity index (χ1v) is 10.8. The number of benzene rings is 3. The van der Waals surface area contributed by atoms with E-state index in [1.807, 2.05) is 12.1 Å². The lowest BCUT2D eigenvalue weighted by Crippen LogP contribution is -2.29. The summed E-state index contributed by atoms with van der Waals surface area (Å²) in [7, 11) is 0. The second-order valence-electron chi connectivity index (χ2n) is 8.25. The quantitative estimate of drug-likeness (QED) is 0.411. The molecule has 4 rings (SSSR count). The van der Waals surface area contributed by atoms with Gasteiger partial charge in [-0.3, -0.25) is 4.79 Å². The number of carbonyl (C=O) groups is 2. The summed E-state index contributed by atoms with van der Waals surface area (Å²) in [6.07, 6.45) is 3.29. The smallest absolute Gasteiger partial charge is 0.345 e. The lowest BCUT2D eigenvalue weighted by atomic mass is 9.96. The van der Waals surface area contributed by atoms with Crippen molar-refractivity contribution < 1.29 is 14.3 Å². The Morgan fingerprint density at radius 2 is 1.75 bits per heavy atom. The van der Waals surface area contributed by atoms with Crippen molar-refractivity contribution in [1.82, 2.24) is 5.32 Å². The number of fused-ring (bicyclic) bond motifs is 1. The van der Waals surface area contributed by atoms with Gasteiger partial charge in [0, 0.05) is 12.1 Å².